The molecule has 2 amide bonds. The van der Waals surface area contributed by atoms with Crippen molar-refractivity contribution in [3.8, 4) is 11.3 Å². The van der Waals surface area contributed by atoms with Gasteiger partial charge in [0, 0.05) is 17.3 Å². The number of carbonyl (C=O) groups is 2. The Labute approximate surface area is 176 Å². The third-order valence-electron chi connectivity index (χ3n) is 4.62. The third-order valence-corrected chi connectivity index (χ3v) is 4.62. The number of hydrogen-bond donors (Lipinski definition) is 2. The number of nitrogens with zero attached hydrogens (tertiary/aromatic N) is 2. The normalized spacial score (nSPS) is 10.8. The van der Waals surface area contributed by atoms with Crippen LogP contribution < -0.4 is 10.6 Å². The Balaban J connectivity index is 1.50. The highest BCUT2D eigenvalue weighted by Gasteiger charge is 2.14. The van der Waals surface area contributed by atoms with E-state index in [0.717, 1.165) is 28.8 Å². The molecule has 1 heterocycles. The van der Waals surface area contributed by atoms with Gasteiger partial charge in [-0.3, -0.25) is 19.8 Å². The fourth-order valence-electron chi connectivity index (χ4n) is 3.06. The highest BCUT2D eigenvalue weighted by Crippen LogP contribution is 2.22. The topological polar surface area (TPSA) is 87.5 Å². The van der Waals surface area contributed by atoms with E-state index >= 15 is 0 Å². The summed E-state index contributed by atoms with van der Waals surface area (Å²) in [6.45, 7) is 4.19. The number of nitrogens with one attached hydrogen (secondary N) is 2. The summed E-state index contributed by atoms with van der Waals surface area (Å²) < 4.78 is 5.21. The van der Waals surface area contributed by atoms with Crippen LogP contribution in [0.3, 0.4) is 0 Å². The number of carbonyl (C=O) groups excluding carboxylic acids is 2. The van der Waals surface area contributed by atoms with E-state index < -0.39 is 0 Å². The summed E-state index contributed by atoms with van der Waals surface area (Å²) in [5, 5.41) is 9.57. The molecule has 30 heavy (non-hydrogen) atoms. The third kappa shape index (κ3) is 5.78. The van der Waals surface area contributed by atoms with E-state index in [2.05, 4.69) is 15.8 Å². The highest BCUT2D eigenvalue weighted by molar-refractivity contribution is 5.94. The molecule has 2 N–H and O–H groups in total. The second kappa shape index (κ2) is 9.84. The van der Waals surface area contributed by atoms with Gasteiger partial charge in [-0.2, -0.15) is 0 Å². The maximum Gasteiger partial charge on any atom is 0.240 e. The van der Waals surface area contributed by atoms with E-state index in [1.54, 1.807) is 18.0 Å². The molecule has 0 spiro atoms. The summed E-state index contributed by atoms with van der Waals surface area (Å²) in [6.07, 6.45) is 0.830. The minimum Gasteiger partial charge on any atom is -0.338 e. The molecular formula is C23H26N4O3. The van der Waals surface area contributed by atoms with Crippen molar-refractivity contribution in [3.63, 3.8) is 0 Å². The van der Waals surface area contributed by atoms with Gasteiger partial charge in [-0.05, 0) is 32.0 Å². The van der Waals surface area contributed by atoms with Gasteiger partial charge in [-0.25, -0.2) is 0 Å². The molecule has 0 aliphatic rings. The number of benzene rings is 2. The molecular weight excluding hydrogens is 380 g/mol. The largest absolute Gasteiger partial charge is 0.338 e. The van der Waals surface area contributed by atoms with Crippen molar-refractivity contribution in [1.29, 1.82) is 0 Å². The van der Waals surface area contributed by atoms with Crippen LogP contribution in [0, 0.1) is 6.92 Å². The number of aromatic nitrogens is 1. The Bertz CT molecular complexity index is 1010. The summed E-state index contributed by atoms with van der Waals surface area (Å²) in [4.78, 5) is 26.2. The fraction of sp³-hybridized carbons (Fsp3) is 0.261. The Morgan fingerprint density at radius 3 is 2.37 bits per heavy atom. The van der Waals surface area contributed by atoms with Crippen LogP contribution in [-0.4, -0.2) is 42.0 Å². The lowest BCUT2D eigenvalue weighted by molar-refractivity contribution is -0.119. The first-order valence-electron chi connectivity index (χ1n) is 9.84. The zero-order chi connectivity index (χ0) is 21.5. The molecule has 0 saturated heterocycles. The molecule has 0 aliphatic heterocycles. The molecule has 3 aromatic rings. The molecule has 156 valence electrons. The summed E-state index contributed by atoms with van der Waals surface area (Å²) in [7, 11) is 1.71. The van der Waals surface area contributed by atoms with Crippen molar-refractivity contribution >= 4 is 23.4 Å². The predicted molar refractivity (Wildman–Crippen MR) is 117 cm³/mol. The molecule has 7 nitrogen and oxygen atoms in total. The summed E-state index contributed by atoms with van der Waals surface area (Å²) in [5.74, 6) is -0.191. The number of amides is 2. The molecule has 0 atom stereocenters. The molecule has 1 aromatic heterocycles. The van der Waals surface area contributed by atoms with Gasteiger partial charge in [0.2, 0.25) is 17.7 Å². The maximum atomic E-state index is 12.3. The van der Waals surface area contributed by atoms with Crippen molar-refractivity contribution in [2.24, 2.45) is 0 Å². The van der Waals surface area contributed by atoms with Gasteiger partial charge in [-0.15, -0.1) is 0 Å². The average molecular weight is 406 g/mol. The van der Waals surface area contributed by atoms with Crippen molar-refractivity contribution in [1.82, 2.24) is 10.1 Å². The zero-order valence-corrected chi connectivity index (χ0v) is 17.4. The van der Waals surface area contributed by atoms with E-state index in [-0.39, 0.29) is 30.8 Å². The first-order chi connectivity index (χ1) is 14.4. The lowest BCUT2D eigenvalue weighted by Crippen LogP contribution is -2.36. The Morgan fingerprint density at radius 1 is 1.00 bits per heavy atom. The molecule has 0 fully saturated rings. The number of para-hydroxylation sites is 1. The van der Waals surface area contributed by atoms with Crippen LogP contribution in [0.5, 0.6) is 0 Å². The number of aryl methyl sites for hydroxylation is 2. The number of anilines is 2. The van der Waals surface area contributed by atoms with Crippen LogP contribution in [-0.2, 0) is 16.0 Å². The molecule has 3 rings (SSSR count). The van der Waals surface area contributed by atoms with Gasteiger partial charge in [0.1, 0.15) is 5.69 Å². The molecule has 2 aromatic carbocycles. The second-order valence-electron chi connectivity index (χ2n) is 7.22. The van der Waals surface area contributed by atoms with Gasteiger partial charge < -0.3 is 9.84 Å². The quantitative estimate of drug-likeness (QED) is 0.595. The summed E-state index contributed by atoms with van der Waals surface area (Å²) in [6, 6.07) is 17.2. The number of likely N-dealkylation sites (N-methyl/N-ethyl adjacent to an activating group) is 1. The summed E-state index contributed by atoms with van der Waals surface area (Å²) >= 11 is 0. The minimum atomic E-state index is -0.286. The van der Waals surface area contributed by atoms with Crippen molar-refractivity contribution in [2.75, 3.05) is 30.8 Å². The van der Waals surface area contributed by atoms with Gasteiger partial charge in [-0.1, -0.05) is 60.1 Å². The van der Waals surface area contributed by atoms with E-state index in [0.29, 0.717) is 5.69 Å². The van der Waals surface area contributed by atoms with Gasteiger partial charge in [0.15, 0.2) is 0 Å². The van der Waals surface area contributed by atoms with Gasteiger partial charge in [0.25, 0.3) is 0 Å². The molecule has 0 saturated carbocycles. The summed E-state index contributed by atoms with van der Waals surface area (Å²) in [5.41, 5.74) is 4.58. The van der Waals surface area contributed by atoms with Gasteiger partial charge >= 0.3 is 0 Å². The van der Waals surface area contributed by atoms with Crippen LogP contribution in [0.15, 0.2) is 59.1 Å². The van der Waals surface area contributed by atoms with Crippen molar-refractivity contribution in [3.05, 3.63) is 65.7 Å². The average Bonchev–Trinajstić information content (AvgIpc) is 3.16. The fourth-order valence-corrected chi connectivity index (χ4v) is 3.06. The van der Waals surface area contributed by atoms with Crippen LogP contribution in [0.4, 0.5) is 11.6 Å². The minimum absolute atomic E-state index is 0.0450. The molecule has 0 unspecified atom stereocenters. The van der Waals surface area contributed by atoms with E-state index in [1.807, 2.05) is 62.4 Å². The zero-order valence-electron chi connectivity index (χ0n) is 17.4. The van der Waals surface area contributed by atoms with E-state index in [4.69, 9.17) is 4.52 Å². The first kappa shape index (κ1) is 21.3. The lowest BCUT2D eigenvalue weighted by atomic mass is 10.1. The van der Waals surface area contributed by atoms with Crippen LogP contribution in [0.25, 0.3) is 11.3 Å². The van der Waals surface area contributed by atoms with E-state index in [9.17, 15) is 9.59 Å². The Hall–Kier alpha value is -3.45. The lowest BCUT2D eigenvalue weighted by Gasteiger charge is -2.16. The SMILES string of the molecule is CCc1ccccc1NC(=O)CN(C)CC(=O)Nc1cc(-c2ccc(C)cc2)no1. The Morgan fingerprint density at radius 2 is 1.67 bits per heavy atom. The maximum absolute atomic E-state index is 12.3. The van der Waals surface area contributed by atoms with Crippen LogP contribution >= 0.6 is 0 Å². The first-order valence-corrected chi connectivity index (χ1v) is 9.84. The smallest absolute Gasteiger partial charge is 0.240 e. The van der Waals surface area contributed by atoms with E-state index in [1.165, 1.54) is 0 Å². The highest BCUT2D eigenvalue weighted by atomic mass is 16.5. The van der Waals surface area contributed by atoms with Gasteiger partial charge in [0.05, 0.1) is 13.1 Å². The monoisotopic (exact) mass is 406 g/mol. The van der Waals surface area contributed by atoms with Crippen LogP contribution in [0.2, 0.25) is 0 Å². The standard InChI is InChI=1S/C23H26N4O3/c1-4-17-7-5-6-8-19(17)24-21(28)14-27(3)15-22(29)25-23-13-20(26-30-23)18-11-9-16(2)10-12-18/h5-13H,4,14-15H2,1-3H3,(H,24,28)(H,25,29). The molecule has 0 aliphatic carbocycles. The van der Waals surface area contributed by atoms with Crippen molar-refractivity contribution < 1.29 is 14.1 Å². The van der Waals surface area contributed by atoms with Crippen LogP contribution in [0.1, 0.15) is 18.1 Å². The predicted octanol–water partition coefficient (Wildman–Crippen LogP) is 3.72. The number of rotatable bonds is 8. The number of hydrogen-bond acceptors (Lipinski definition) is 5. The molecule has 0 bridgehead atoms. The second-order valence-corrected chi connectivity index (χ2v) is 7.22. The molecule has 0 radical (unpaired) electrons. The molecule has 7 heteroatoms. The Kier molecular flexibility index (Phi) is 6.98. The van der Waals surface area contributed by atoms with Crippen molar-refractivity contribution in [2.45, 2.75) is 20.3 Å².